The van der Waals surface area contributed by atoms with Crippen molar-refractivity contribution in [2.24, 2.45) is 0 Å². The Balaban J connectivity index is 1.74. The van der Waals surface area contributed by atoms with E-state index < -0.39 is 23.8 Å². The average Bonchev–Trinajstić information content (AvgIpc) is 3.36. The molecule has 0 radical (unpaired) electrons. The summed E-state index contributed by atoms with van der Waals surface area (Å²) in [4.78, 5) is 49.9. The van der Waals surface area contributed by atoms with E-state index in [9.17, 15) is 24.3 Å². The lowest BCUT2D eigenvalue weighted by Crippen LogP contribution is -2.53. The van der Waals surface area contributed by atoms with Crippen LogP contribution in [0.4, 0.5) is 4.79 Å². The Morgan fingerprint density at radius 2 is 1.94 bits per heavy atom. The third-order valence-corrected chi connectivity index (χ3v) is 5.60. The number of aryl methyl sites for hydroxylation is 1. The second-order valence-corrected chi connectivity index (χ2v) is 7.83. The van der Waals surface area contributed by atoms with Crippen LogP contribution in [0.5, 0.6) is 0 Å². The topological polar surface area (TPSA) is 122 Å². The van der Waals surface area contributed by atoms with Crippen molar-refractivity contribution in [3.8, 4) is 5.69 Å². The molecule has 0 atom stereocenters. The molecule has 0 bridgehead atoms. The molecule has 3 aromatic rings. The SMILES string of the molecule is Cc1cc(C=C2C(=O)NC(=O)N(Cc3ccco3)C2=O)c(C)n1-c1cc(C(=O)O)ccc1Cl. The van der Waals surface area contributed by atoms with Crippen molar-refractivity contribution < 1.29 is 28.7 Å². The molecular formula is C23H18ClN3O6. The highest BCUT2D eigenvalue weighted by molar-refractivity contribution is 6.32. The number of barbiturate groups is 1. The first-order chi connectivity index (χ1) is 15.7. The maximum Gasteiger partial charge on any atom is 0.335 e. The van der Waals surface area contributed by atoms with Gasteiger partial charge >= 0.3 is 12.0 Å². The number of aromatic nitrogens is 1. The van der Waals surface area contributed by atoms with Crippen LogP contribution < -0.4 is 5.32 Å². The molecule has 4 rings (SSSR count). The van der Waals surface area contributed by atoms with Gasteiger partial charge in [0.15, 0.2) is 0 Å². The molecule has 33 heavy (non-hydrogen) atoms. The van der Waals surface area contributed by atoms with E-state index in [2.05, 4.69) is 5.32 Å². The molecule has 1 aromatic carbocycles. The molecule has 1 saturated heterocycles. The zero-order valence-corrected chi connectivity index (χ0v) is 18.3. The van der Waals surface area contributed by atoms with Gasteiger partial charge in [-0.25, -0.2) is 9.59 Å². The maximum atomic E-state index is 13.0. The van der Waals surface area contributed by atoms with Gasteiger partial charge in [-0.1, -0.05) is 11.6 Å². The number of carbonyl (C=O) groups is 4. The van der Waals surface area contributed by atoms with Crippen molar-refractivity contribution in [1.29, 1.82) is 0 Å². The quantitative estimate of drug-likeness (QED) is 0.436. The van der Waals surface area contributed by atoms with E-state index in [-0.39, 0.29) is 17.7 Å². The summed E-state index contributed by atoms with van der Waals surface area (Å²) in [7, 11) is 0. The molecule has 4 amide bonds. The lowest BCUT2D eigenvalue weighted by molar-refractivity contribution is -0.130. The summed E-state index contributed by atoms with van der Waals surface area (Å²) >= 11 is 6.33. The van der Waals surface area contributed by atoms with E-state index in [0.717, 1.165) is 4.90 Å². The Morgan fingerprint density at radius 3 is 2.61 bits per heavy atom. The first kappa shape index (κ1) is 22.1. The van der Waals surface area contributed by atoms with Crippen molar-refractivity contribution in [2.75, 3.05) is 0 Å². The van der Waals surface area contributed by atoms with Crippen LogP contribution in [0.1, 0.15) is 33.1 Å². The van der Waals surface area contributed by atoms with E-state index >= 15 is 0 Å². The van der Waals surface area contributed by atoms with Crippen LogP contribution >= 0.6 is 11.6 Å². The molecule has 0 saturated carbocycles. The fourth-order valence-electron chi connectivity index (χ4n) is 3.67. The highest BCUT2D eigenvalue weighted by Gasteiger charge is 2.36. The number of aromatic carboxylic acids is 1. The molecule has 2 aromatic heterocycles. The van der Waals surface area contributed by atoms with Crippen molar-refractivity contribution in [3.05, 3.63) is 81.5 Å². The van der Waals surface area contributed by atoms with Gasteiger partial charge in [-0.05, 0) is 61.9 Å². The third-order valence-electron chi connectivity index (χ3n) is 5.28. The van der Waals surface area contributed by atoms with Crippen LogP contribution in [-0.4, -0.2) is 38.4 Å². The van der Waals surface area contributed by atoms with Crippen LogP contribution in [0.2, 0.25) is 5.02 Å². The normalized spacial score (nSPS) is 15.3. The molecule has 0 spiro atoms. The number of furan rings is 1. The molecule has 0 unspecified atom stereocenters. The van der Waals surface area contributed by atoms with E-state index in [1.807, 2.05) is 0 Å². The van der Waals surface area contributed by atoms with Crippen molar-refractivity contribution in [3.63, 3.8) is 0 Å². The van der Waals surface area contributed by atoms with E-state index in [1.54, 1.807) is 36.6 Å². The fraction of sp³-hybridized carbons (Fsp3) is 0.130. The zero-order chi connectivity index (χ0) is 23.9. The molecule has 1 aliphatic rings. The van der Waals surface area contributed by atoms with Crippen LogP contribution in [0, 0.1) is 13.8 Å². The van der Waals surface area contributed by atoms with Gasteiger partial charge in [-0.15, -0.1) is 0 Å². The predicted molar refractivity (Wildman–Crippen MR) is 118 cm³/mol. The van der Waals surface area contributed by atoms with E-state index in [0.29, 0.717) is 33.4 Å². The zero-order valence-electron chi connectivity index (χ0n) is 17.6. The van der Waals surface area contributed by atoms with Crippen LogP contribution in [-0.2, 0) is 16.1 Å². The van der Waals surface area contributed by atoms with E-state index in [1.165, 1.54) is 30.5 Å². The number of imide groups is 2. The number of carboxylic acids is 1. The summed E-state index contributed by atoms with van der Waals surface area (Å²) in [5.74, 6) is -2.27. The number of carboxylic acid groups (broad SMARTS) is 1. The highest BCUT2D eigenvalue weighted by Crippen LogP contribution is 2.29. The first-order valence-electron chi connectivity index (χ1n) is 9.80. The van der Waals surface area contributed by atoms with Crippen molar-refractivity contribution in [1.82, 2.24) is 14.8 Å². The Hall–Kier alpha value is -4.11. The van der Waals surface area contributed by atoms with Gasteiger partial charge < -0.3 is 14.1 Å². The Kier molecular flexibility index (Phi) is 5.65. The lowest BCUT2D eigenvalue weighted by atomic mass is 10.1. The average molecular weight is 468 g/mol. The molecule has 1 fully saturated rings. The molecule has 168 valence electrons. The molecular weight excluding hydrogens is 450 g/mol. The smallest absolute Gasteiger partial charge is 0.335 e. The first-order valence-corrected chi connectivity index (χ1v) is 10.2. The number of rotatable bonds is 5. The lowest BCUT2D eigenvalue weighted by Gasteiger charge is -2.25. The molecule has 9 nitrogen and oxygen atoms in total. The van der Waals surface area contributed by atoms with Gasteiger partial charge in [0.2, 0.25) is 0 Å². The summed E-state index contributed by atoms with van der Waals surface area (Å²) in [5, 5.41) is 11.8. The highest BCUT2D eigenvalue weighted by atomic mass is 35.5. The fourth-order valence-corrected chi connectivity index (χ4v) is 3.88. The number of nitrogens with one attached hydrogen (secondary N) is 1. The number of benzene rings is 1. The standard InChI is InChI=1S/C23H18ClN3O6/c1-12-8-15(13(2)27(12)19-10-14(22(30)31)5-6-18(19)24)9-17-20(28)25-23(32)26(21(17)29)11-16-4-3-7-33-16/h3-10H,11H2,1-2H3,(H,30,31)(H,25,28,32). The number of hydrogen-bond donors (Lipinski definition) is 2. The maximum absolute atomic E-state index is 13.0. The van der Waals surface area contributed by atoms with Crippen LogP contribution in [0.25, 0.3) is 11.8 Å². The predicted octanol–water partition coefficient (Wildman–Crippen LogP) is 3.70. The van der Waals surface area contributed by atoms with Crippen LogP contribution in [0.3, 0.4) is 0 Å². The van der Waals surface area contributed by atoms with Crippen molar-refractivity contribution in [2.45, 2.75) is 20.4 Å². The number of urea groups is 1. The van der Waals surface area contributed by atoms with Gasteiger partial charge in [0.05, 0.1) is 29.1 Å². The minimum absolute atomic E-state index is 0.0655. The summed E-state index contributed by atoms with van der Waals surface area (Å²) < 4.78 is 6.94. The van der Waals surface area contributed by atoms with Crippen molar-refractivity contribution >= 4 is 41.5 Å². The van der Waals surface area contributed by atoms with Crippen LogP contribution in [0.15, 0.2) is 52.7 Å². The van der Waals surface area contributed by atoms with Gasteiger partial charge in [0, 0.05) is 11.4 Å². The molecule has 3 heterocycles. The van der Waals surface area contributed by atoms with Gasteiger partial charge in [-0.2, -0.15) is 0 Å². The second-order valence-electron chi connectivity index (χ2n) is 7.42. The molecule has 1 aliphatic heterocycles. The monoisotopic (exact) mass is 467 g/mol. The summed E-state index contributed by atoms with van der Waals surface area (Å²) in [6.07, 6.45) is 2.82. The Morgan fingerprint density at radius 1 is 1.18 bits per heavy atom. The third kappa shape index (κ3) is 4.06. The molecule has 0 aliphatic carbocycles. The largest absolute Gasteiger partial charge is 0.478 e. The summed E-state index contributed by atoms with van der Waals surface area (Å²) in [6.45, 7) is 3.41. The number of amides is 4. The van der Waals surface area contributed by atoms with Gasteiger partial charge in [-0.3, -0.25) is 19.8 Å². The van der Waals surface area contributed by atoms with E-state index in [4.69, 9.17) is 16.0 Å². The van der Waals surface area contributed by atoms with Gasteiger partial charge in [0.25, 0.3) is 11.8 Å². The van der Waals surface area contributed by atoms with Gasteiger partial charge in [0.1, 0.15) is 11.3 Å². The number of halogens is 1. The Labute approximate surface area is 192 Å². The minimum Gasteiger partial charge on any atom is -0.478 e. The number of nitrogens with zero attached hydrogens (tertiary/aromatic N) is 2. The summed E-state index contributed by atoms with van der Waals surface area (Å²) in [5.41, 5.74) is 2.17. The molecule has 10 heteroatoms. The minimum atomic E-state index is -1.09. The Bertz CT molecular complexity index is 1340. The summed E-state index contributed by atoms with van der Waals surface area (Å²) in [6, 6.07) is 8.49. The number of hydrogen-bond acceptors (Lipinski definition) is 5. The molecule has 2 N–H and O–H groups in total. The second kappa shape index (κ2) is 8.44. The number of carbonyl (C=O) groups excluding carboxylic acids is 3.